The zero-order valence-corrected chi connectivity index (χ0v) is 9.04. The highest BCUT2D eigenvalue weighted by Crippen LogP contribution is 2.40. The van der Waals surface area contributed by atoms with Crippen LogP contribution in [0.4, 0.5) is 0 Å². The number of hydrogen-bond donors (Lipinski definition) is 1. The number of cyclic esters (lactones) is 1. The lowest BCUT2D eigenvalue weighted by atomic mass is 9.96. The summed E-state index contributed by atoms with van der Waals surface area (Å²) >= 11 is 4.44. The van der Waals surface area contributed by atoms with Crippen LogP contribution in [0.1, 0.15) is 35.9 Å². The minimum Gasteiger partial charge on any atom is -0.452 e. The lowest BCUT2D eigenvalue weighted by Gasteiger charge is -2.24. The molecule has 2 nitrogen and oxygen atoms in total. The van der Waals surface area contributed by atoms with Gasteiger partial charge in [0.25, 0.3) is 0 Å². The minimum atomic E-state index is -0.345. The van der Waals surface area contributed by atoms with E-state index in [0.29, 0.717) is 5.56 Å². The minimum absolute atomic E-state index is 0.241. The summed E-state index contributed by atoms with van der Waals surface area (Å²) in [6.07, 6.45) is -0.241. The standard InChI is InChI=1S/C11H12O2S/c1-11(2,14)9-7-5-3-4-6-8(7)10(12)13-9/h3-6,9,14H,1-2H3. The van der Waals surface area contributed by atoms with Crippen molar-refractivity contribution in [1.82, 2.24) is 0 Å². The summed E-state index contributed by atoms with van der Waals surface area (Å²) in [5.74, 6) is -0.243. The molecule has 1 aromatic carbocycles. The average Bonchev–Trinajstić information content (AvgIpc) is 2.44. The third-order valence-electron chi connectivity index (χ3n) is 2.33. The molecular formula is C11H12O2S. The zero-order chi connectivity index (χ0) is 10.3. The summed E-state index contributed by atoms with van der Waals surface area (Å²) in [4.78, 5) is 11.5. The van der Waals surface area contributed by atoms with E-state index in [4.69, 9.17) is 4.74 Å². The van der Waals surface area contributed by atoms with Crippen molar-refractivity contribution < 1.29 is 9.53 Å². The molecule has 1 aliphatic rings. The Morgan fingerprint density at radius 1 is 1.36 bits per heavy atom. The van der Waals surface area contributed by atoms with Gasteiger partial charge in [-0.15, -0.1) is 0 Å². The first kappa shape index (κ1) is 9.59. The van der Waals surface area contributed by atoms with Gasteiger partial charge in [-0.2, -0.15) is 12.6 Å². The number of benzene rings is 1. The summed E-state index contributed by atoms with van der Waals surface area (Å²) in [7, 11) is 0. The second-order valence-electron chi connectivity index (χ2n) is 4.03. The van der Waals surface area contributed by atoms with Gasteiger partial charge in [0.2, 0.25) is 0 Å². The van der Waals surface area contributed by atoms with Crippen LogP contribution in [0.25, 0.3) is 0 Å². The van der Waals surface area contributed by atoms with Crippen molar-refractivity contribution in [1.29, 1.82) is 0 Å². The number of carbonyl (C=O) groups excluding carboxylic acids is 1. The van der Waals surface area contributed by atoms with Crippen molar-refractivity contribution >= 4 is 18.6 Å². The van der Waals surface area contributed by atoms with Crippen LogP contribution in [-0.4, -0.2) is 10.7 Å². The zero-order valence-electron chi connectivity index (χ0n) is 8.15. The SMILES string of the molecule is CC(C)(S)C1OC(=O)c2ccccc21. The van der Waals surface area contributed by atoms with Crippen LogP contribution >= 0.6 is 12.6 Å². The fourth-order valence-electron chi connectivity index (χ4n) is 1.67. The molecule has 0 fully saturated rings. The molecule has 0 saturated heterocycles. The number of rotatable bonds is 1. The molecule has 74 valence electrons. The monoisotopic (exact) mass is 208 g/mol. The molecule has 0 bridgehead atoms. The predicted octanol–water partition coefficient (Wildman–Crippen LogP) is 2.61. The van der Waals surface area contributed by atoms with Gasteiger partial charge in [-0.25, -0.2) is 4.79 Å². The van der Waals surface area contributed by atoms with E-state index in [1.165, 1.54) is 0 Å². The molecule has 1 aromatic rings. The van der Waals surface area contributed by atoms with Crippen molar-refractivity contribution in [3.05, 3.63) is 35.4 Å². The summed E-state index contributed by atoms with van der Waals surface area (Å²) in [5.41, 5.74) is 1.61. The van der Waals surface area contributed by atoms with Gasteiger partial charge in [0.05, 0.1) is 5.56 Å². The molecule has 1 heterocycles. The van der Waals surface area contributed by atoms with E-state index in [2.05, 4.69) is 12.6 Å². The first-order valence-corrected chi connectivity index (χ1v) is 4.97. The molecule has 1 aliphatic heterocycles. The summed E-state index contributed by atoms with van der Waals surface area (Å²) in [6, 6.07) is 7.46. The highest BCUT2D eigenvalue weighted by Gasteiger charge is 2.39. The van der Waals surface area contributed by atoms with E-state index >= 15 is 0 Å². The maximum Gasteiger partial charge on any atom is 0.339 e. The normalized spacial score (nSPS) is 20.5. The molecule has 1 atom stereocenters. The average molecular weight is 208 g/mol. The summed E-state index contributed by atoms with van der Waals surface area (Å²) in [5, 5.41) is 0. The van der Waals surface area contributed by atoms with Gasteiger partial charge in [0.15, 0.2) is 0 Å². The predicted molar refractivity (Wildman–Crippen MR) is 57.7 cm³/mol. The number of carbonyl (C=O) groups is 1. The maximum atomic E-state index is 11.5. The Labute approximate surface area is 88.7 Å². The van der Waals surface area contributed by atoms with E-state index in [1.807, 2.05) is 32.0 Å². The molecule has 0 radical (unpaired) electrons. The Hall–Kier alpha value is -0.960. The topological polar surface area (TPSA) is 26.3 Å². The van der Waals surface area contributed by atoms with Crippen molar-refractivity contribution in [3.63, 3.8) is 0 Å². The molecule has 1 unspecified atom stereocenters. The fourth-order valence-corrected chi connectivity index (χ4v) is 1.86. The number of thiol groups is 1. The van der Waals surface area contributed by atoms with Crippen LogP contribution in [0.15, 0.2) is 24.3 Å². The fraction of sp³-hybridized carbons (Fsp3) is 0.364. The van der Waals surface area contributed by atoms with Gasteiger partial charge < -0.3 is 4.74 Å². The Balaban J connectivity index is 2.50. The number of hydrogen-bond acceptors (Lipinski definition) is 3. The van der Waals surface area contributed by atoms with Crippen LogP contribution in [0.3, 0.4) is 0 Å². The van der Waals surface area contributed by atoms with E-state index in [-0.39, 0.29) is 16.8 Å². The molecule has 0 aliphatic carbocycles. The molecule has 14 heavy (non-hydrogen) atoms. The number of fused-ring (bicyclic) bond motifs is 1. The van der Waals surface area contributed by atoms with Crippen LogP contribution in [0.2, 0.25) is 0 Å². The van der Waals surface area contributed by atoms with E-state index in [9.17, 15) is 4.79 Å². The highest BCUT2D eigenvalue weighted by molar-refractivity contribution is 7.81. The van der Waals surface area contributed by atoms with Gasteiger partial charge in [-0.1, -0.05) is 18.2 Å². The van der Waals surface area contributed by atoms with Crippen LogP contribution in [-0.2, 0) is 4.74 Å². The van der Waals surface area contributed by atoms with Crippen LogP contribution in [0.5, 0.6) is 0 Å². The molecule has 0 N–H and O–H groups in total. The Morgan fingerprint density at radius 3 is 2.64 bits per heavy atom. The second kappa shape index (κ2) is 3.02. The van der Waals surface area contributed by atoms with Gasteiger partial charge in [-0.05, 0) is 19.9 Å². The van der Waals surface area contributed by atoms with Crippen molar-refractivity contribution in [2.75, 3.05) is 0 Å². The molecule has 0 amide bonds. The molecular weight excluding hydrogens is 196 g/mol. The smallest absolute Gasteiger partial charge is 0.339 e. The third-order valence-corrected chi connectivity index (χ3v) is 2.56. The Bertz CT molecular complexity index is 379. The van der Waals surface area contributed by atoms with Crippen LogP contribution in [0, 0.1) is 0 Å². The number of esters is 1. The van der Waals surface area contributed by atoms with Crippen LogP contribution < -0.4 is 0 Å². The Kier molecular flexibility index (Phi) is 2.07. The second-order valence-corrected chi connectivity index (χ2v) is 5.18. The number of ether oxygens (including phenoxy) is 1. The largest absolute Gasteiger partial charge is 0.452 e. The lowest BCUT2D eigenvalue weighted by Crippen LogP contribution is -2.22. The van der Waals surface area contributed by atoms with Crippen molar-refractivity contribution in [3.8, 4) is 0 Å². The van der Waals surface area contributed by atoms with Crippen molar-refractivity contribution in [2.45, 2.75) is 24.7 Å². The molecule has 0 aromatic heterocycles. The molecule has 3 heteroatoms. The maximum absolute atomic E-state index is 11.5. The first-order valence-electron chi connectivity index (χ1n) is 4.52. The Morgan fingerprint density at radius 2 is 2.00 bits per heavy atom. The molecule has 2 rings (SSSR count). The van der Waals surface area contributed by atoms with E-state index in [0.717, 1.165) is 5.56 Å². The highest BCUT2D eigenvalue weighted by atomic mass is 32.1. The summed E-state index contributed by atoms with van der Waals surface area (Å²) in [6.45, 7) is 3.88. The summed E-state index contributed by atoms with van der Waals surface area (Å²) < 4.78 is 4.94. The van der Waals surface area contributed by atoms with Crippen molar-refractivity contribution in [2.24, 2.45) is 0 Å². The first-order chi connectivity index (χ1) is 6.50. The third kappa shape index (κ3) is 1.42. The molecule has 0 spiro atoms. The van der Waals surface area contributed by atoms with Gasteiger partial charge in [0.1, 0.15) is 6.10 Å². The quantitative estimate of drug-likeness (QED) is 0.567. The lowest BCUT2D eigenvalue weighted by molar-refractivity contribution is 0.0323. The molecule has 0 saturated carbocycles. The van der Waals surface area contributed by atoms with E-state index < -0.39 is 0 Å². The van der Waals surface area contributed by atoms with Gasteiger partial charge >= 0.3 is 5.97 Å². The van der Waals surface area contributed by atoms with E-state index in [1.54, 1.807) is 6.07 Å². The van der Waals surface area contributed by atoms with Gasteiger partial charge in [0, 0.05) is 10.3 Å². The van der Waals surface area contributed by atoms with Gasteiger partial charge in [-0.3, -0.25) is 0 Å².